The first-order valence-electron chi connectivity index (χ1n) is 8.39. The molecule has 2 aromatic heterocycles. The van der Waals surface area contributed by atoms with E-state index in [1.807, 2.05) is 36.5 Å². The van der Waals surface area contributed by atoms with E-state index in [1.165, 1.54) is 6.20 Å². The molecule has 0 unspecified atom stereocenters. The Kier molecular flexibility index (Phi) is 5.95. The number of carbonyl (C=O) groups excluding carboxylic acids is 1. The molecule has 3 rings (SSSR count). The number of methoxy groups -OCH3 is 1. The number of benzene rings is 1. The van der Waals surface area contributed by atoms with Crippen molar-refractivity contribution >= 4 is 23.4 Å². The lowest BCUT2D eigenvalue weighted by molar-refractivity contribution is 0.100. The number of anilines is 3. The highest BCUT2D eigenvalue weighted by Crippen LogP contribution is 2.18. The molecule has 0 bridgehead atoms. The van der Waals surface area contributed by atoms with Gasteiger partial charge >= 0.3 is 0 Å². The molecular formula is C18H21N7O2. The summed E-state index contributed by atoms with van der Waals surface area (Å²) in [6.07, 6.45) is 4.89. The van der Waals surface area contributed by atoms with E-state index < -0.39 is 5.91 Å². The average molecular weight is 367 g/mol. The van der Waals surface area contributed by atoms with Crippen LogP contribution in [0.3, 0.4) is 0 Å². The number of nitrogens with one attached hydrogen (secondary N) is 2. The Morgan fingerprint density at radius 2 is 2.07 bits per heavy atom. The Morgan fingerprint density at radius 3 is 2.81 bits per heavy atom. The predicted octanol–water partition coefficient (Wildman–Crippen LogP) is 1.77. The molecular weight excluding hydrogens is 346 g/mol. The minimum absolute atomic E-state index is 0.229. The quantitative estimate of drug-likeness (QED) is 0.527. The van der Waals surface area contributed by atoms with E-state index in [1.54, 1.807) is 18.0 Å². The van der Waals surface area contributed by atoms with Crippen LogP contribution in [0.25, 0.3) is 0 Å². The number of carbonyl (C=O) groups is 1. The van der Waals surface area contributed by atoms with E-state index in [2.05, 4.69) is 25.7 Å². The van der Waals surface area contributed by atoms with Crippen LogP contribution in [0.15, 0.2) is 48.9 Å². The summed E-state index contributed by atoms with van der Waals surface area (Å²) in [6, 6.07) is 9.79. The lowest BCUT2D eigenvalue weighted by Gasteiger charge is -2.11. The van der Waals surface area contributed by atoms with E-state index in [0.29, 0.717) is 31.5 Å². The number of ether oxygens (including phenoxy) is 1. The van der Waals surface area contributed by atoms with Gasteiger partial charge in [-0.05, 0) is 5.56 Å². The molecule has 27 heavy (non-hydrogen) atoms. The van der Waals surface area contributed by atoms with E-state index in [0.717, 1.165) is 11.3 Å². The molecule has 1 aromatic carbocycles. The Hall–Kier alpha value is -3.46. The summed E-state index contributed by atoms with van der Waals surface area (Å²) in [5.74, 6) is 0.113. The standard InChI is InChI=1S/C18H21N7O2/c1-27-8-7-25-12-14(10-22-25)23-18-21-11-15(16(19)26)17(24-18)20-9-13-5-3-2-4-6-13/h2-6,10-12H,7-9H2,1H3,(H2,19,26)(H2,20,21,23,24). The highest BCUT2D eigenvalue weighted by molar-refractivity contribution is 5.97. The molecule has 0 aliphatic heterocycles. The molecule has 1 amide bonds. The summed E-state index contributed by atoms with van der Waals surface area (Å²) >= 11 is 0. The zero-order valence-electron chi connectivity index (χ0n) is 14.9. The van der Waals surface area contributed by atoms with Gasteiger partial charge in [0.2, 0.25) is 5.95 Å². The average Bonchev–Trinajstić information content (AvgIpc) is 3.12. The third-order valence-electron chi connectivity index (χ3n) is 3.77. The second kappa shape index (κ2) is 8.77. The molecule has 9 heteroatoms. The van der Waals surface area contributed by atoms with Crippen molar-refractivity contribution < 1.29 is 9.53 Å². The van der Waals surface area contributed by atoms with Gasteiger partial charge in [0.25, 0.3) is 5.91 Å². The Labute approximate surface area is 156 Å². The fourth-order valence-electron chi connectivity index (χ4n) is 2.40. The normalized spacial score (nSPS) is 10.6. The number of nitrogens with two attached hydrogens (primary N) is 1. The highest BCUT2D eigenvalue weighted by atomic mass is 16.5. The fraction of sp³-hybridized carbons (Fsp3) is 0.222. The van der Waals surface area contributed by atoms with Gasteiger partial charge < -0.3 is 21.1 Å². The van der Waals surface area contributed by atoms with Gasteiger partial charge in [-0.15, -0.1) is 0 Å². The molecule has 0 aliphatic carbocycles. The topological polar surface area (TPSA) is 120 Å². The van der Waals surface area contributed by atoms with Crippen molar-refractivity contribution in [3.05, 3.63) is 60.0 Å². The van der Waals surface area contributed by atoms with Gasteiger partial charge in [0.05, 0.1) is 30.6 Å². The van der Waals surface area contributed by atoms with Crippen molar-refractivity contribution in [1.29, 1.82) is 0 Å². The van der Waals surface area contributed by atoms with Gasteiger partial charge in [0.15, 0.2) is 0 Å². The fourth-order valence-corrected chi connectivity index (χ4v) is 2.40. The summed E-state index contributed by atoms with van der Waals surface area (Å²) in [5, 5.41) is 10.4. The van der Waals surface area contributed by atoms with Gasteiger partial charge in [0.1, 0.15) is 5.82 Å². The third kappa shape index (κ3) is 5.02. The molecule has 0 radical (unpaired) electrons. The van der Waals surface area contributed by atoms with Crippen LogP contribution in [0.1, 0.15) is 15.9 Å². The Bertz CT molecular complexity index is 896. The summed E-state index contributed by atoms with van der Waals surface area (Å²) in [6.45, 7) is 1.72. The number of nitrogens with zero attached hydrogens (tertiary/aromatic N) is 4. The molecule has 4 N–H and O–H groups in total. The zero-order valence-corrected chi connectivity index (χ0v) is 14.9. The monoisotopic (exact) mass is 367 g/mol. The molecule has 2 heterocycles. The summed E-state index contributed by atoms with van der Waals surface area (Å²) in [7, 11) is 1.64. The van der Waals surface area contributed by atoms with Gasteiger partial charge in [-0.3, -0.25) is 9.48 Å². The summed E-state index contributed by atoms with van der Waals surface area (Å²) < 4.78 is 6.78. The highest BCUT2D eigenvalue weighted by Gasteiger charge is 2.12. The molecule has 3 aromatic rings. The van der Waals surface area contributed by atoms with E-state index in [-0.39, 0.29) is 5.56 Å². The summed E-state index contributed by atoms with van der Waals surface area (Å²) in [4.78, 5) is 20.2. The first-order chi connectivity index (χ1) is 13.2. The number of primary amides is 1. The zero-order chi connectivity index (χ0) is 19.1. The van der Waals surface area contributed by atoms with Crippen molar-refractivity contribution in [2.24, 2.45) is 5.73 Å². The van der Waals surface area contributed by atoms with Crippen molar-refractivity contribution in [2.45, 2.75) is 13.1 Å². The molecule has 0 saturated carbocycles. The predicted molar refractivity (Wildman–Crippen MR) is 102 cm³/mol. The summed E-state index contributed by atoms with van der Waals surface area (Å²) in [5.41, 5.74) is 7.45. The Balaban J connectivity index is 1.74. The molecule has 0 saturated heterocycles. The Morgan fingerprint density at radius 1 is 1.26 bits per heavy atom. The van der Waals surface area contributed by atoms with Crippen LogP contribution < -0.4 is 16.4 Å². The van der Waals surface area contributed by atoms with Gasteiger partial charge in [0, 0.05) is 26.0 Å². The van der Waals surface area contributed by atoms with Gasteiger partial charge in [-0.2, -0.15) is 10.1 Å². The second-order valence-electron chi connectivity index (χ2n) is 5.77. The number of amides is 1. The smallest absolute Gasteiger partial charge is 0.254 e. The lowest BCUT2D eigenvalue weighted by Crippen LogP contribution is -2.17. The maximum absolute atomic E-state index is 11.7. The van der Waals surface area contributed by atoms with Crippen molar-refractivity contribution in [3.8, 4) is 0 Å². The molecule has 0 atom stereocenters. The second-order valence-corrected chi connectivity index (χ2v) is 5.77. The van der Waals surface area contributed by atoms with Crippen molar-refractivity contribution in [2.75, 3.05) is 24.4 Å². The number of rotatable bonds is 9. The van der Waals surface area contributed by atoms with Gasteiger partial charge in [-0.1, -0.05) is 30.3 Å². The van der Waals surface area contributed by atoms with Crippen molar-refractivity contribution in [1.82, 2.24) is 19.7 Å². The first kappa shape index (κ1) is 18.3. The minimum atomic E-state index is -0.593. The van der Waals surface area contributed by atoms with Crippen LogP contribution in [-0.4, -0.2) is 39.4 Å². The minimum Gasteiger partial charge on any atom is -0.383 e. The van der Waals surface area contributed by atoms with Crippen molar-refractivity contribution in [3.63, 3.8) is 0 Å². The maximum atomic E-state index is 11.7. The van der Waals surface area contributed by atoms with E-state index in [4.69, 9.17) is 10.5 Å². The van der Waals surface area contributed by atoms with Gasteiger partial charge in [-0.25, -0.2) is 4.98 Å². The molecule has 0 spiro atoms. The molecule has 140 valence electrons. The number of hydrogen-bond donors (Lipinski definition) is 3. The molecule has 0 aliphatic rings. The number of hydrogen-bond acceptors (Lipinski definition) is 7. The SMILES string of the molecule is COCCn1cc(Nc2ncc(C(N)=O)c(NCc3ccccc3)n2)cn1. The van der Waals surface area contributed by atoms with E-state index >= 15 is 0 Å². The lowest BCUT2D eigenvalue weighted by atomic mass is 10.2. The maximum Gasteiger partial charge on any atom is 0.254 e. The van der Waals surface area contributed by atoms with E-state index in [9.17, 15) is 4.79 Å². The molecule has 0 fully saturated rings. The largest absolute Gasteiger partial charge is 0.383 e. The van der Waals surface area contributed by atoms with Crippen LogP contribution in [0.4, 0.5) is 17.5 Å². The van der Waals surface area contributed by atoms with Crippen LogP contribution >= 0.6 is 0 Å². The number of aromatic nitrogens is 4. The third-order valence-corrected chi connectivity index (χ3v) is 3.77. The van der Waals surface area contributed by atoms with Crippen LogP contribution in [-0.2, 0) is 17.8 Å². The van der Waals surface area contributed by atoms with Crippen LogP contribution in [0, 0.1) is 0 Å². The van der Waals surface area contributed by atoms with Crippen LogP contribution in [0.5, 0.6) is 0 Å². The first-order valence-corrected chi connectivity index (χ1v) is 8.39. The van der Waals surface area contributed by atoms with Crippen LogP contribution in [0.2, 0.25) is 0 Å². The molecule has 9 nitrogen and oxygen atoms in total.